The first-order valence-corrected chi connectivity index (χ1v) is 6.89. The molecule has 0 atom stereocenters. The van der Waals surface area contributed by atoms with E-state index < -0.39 is 0 Å². The van der Waals surface area contributed by atoms with E-state index in [4.69, 9.17) is 10.00 Å². The van der Waals surface area contributed by atoms with Crippen molar-refractivity contribution in [2.45, 2.75) is 11.9 Å². The lowest BCUT2D eigenvalue weighted by Gasteiger charge is -2.08. The Morgan fingerprint density at radius 2 is 2.26 bits per heavy atom. The molecule has 1 aromatic carbocycles. The van der Waals surface area contributed by atoms with Crippen molar-refractivity contribution in [1.29, 1.82) is 5.26 Å². The van der Waals surface area contributed by atoms with Crippen LogP contribution in [0.1, 0.15) is 11.4 Å². The second kappa shape index (κ2) is 6.45. The molecule has 0 amide bonds. The average molecular weight is 321 g/mol. The summed E-state index contributed by atoms with van der Waals surface area (Å²) in [6.45, 7) is 1.26. The smallest absolute Gasteiger partial charge is 0.164 e. The van der Waals surface area contributed by atoms with E-state index in [2.05, 4.69) is 32.2 Å². The summed E-state index contributed by atoms with van der Waals surface area (Å²) in [6, 6.07) is 9.48. The number of hydrogen-bond donors (Lipinski definition) is 0. The summed E-state index contributed by atoms with van der Waals surface area (Å²) in [4.78, 5) is 0. The van der Waals surface area contributed by atoms with Gasteiger partial charge in [-0.1, -0.05) is 28.1 Å². The molecule has 6 heteroatoms. The van der Waals surface area contributed by atoms with E-state index in [0.717, 1.165) is 17.2 Å². The normalized spacial score (nSPS) is 10.4. The van der Waals surface area contributed by atoms with Crippen LogP contribution in [-0.2, 0) is 16.6 Å². The van der Waals surface area contributed by atoms with Crippen molar-refractivity contribution in [1.82, 2.24) is 14.8 Å². The Hall–Kier alpha value is -1.71. The molecule has 0 bridgehead atoms. The number of halogens is 1. The lowest BCUT2D eigenvalue weighted by molar-refractivity contribution is 0.187. The number of ether oxygens (including phenoxy) is 1. The molecule has 0 spiro atoms. The molecule has 0 aliphatic carbocycles. The fourth-order valence-electron chi connectivity index (χ4n) is 1.79. The number of hydrogen-bond acceptors (Lipinski definition) is 4. The van der Waals surface area contributed by atoms with Crippen LogP contribution in [0.5, 0.6) is 0 Å². The zero-order chi connectivity index (χ0) is 13.7. The van der Waals surface area contributed by atoms with Crippen LogP contribution in [0.4, 0.5) is 0 Å². The molecule has 0 aliphatic heterocycles. The van der Waals surface area contributed by atoms with Crippen molar-refractivity contribution in [3.63, 3.8) is 0 Å². The molecule has 98 valence electrons. The first kappa shape index (κ1) is 13.7. The quantitative estimate of drug-likeness (QED) is 0.793. The van der Waals surface area contributed by atoms with Crippen molar-refractivity contribution < 1.29 is 4.74 Å². The van der Waals surface area contributed by atoms with E-state index in [1.807, 2.05) is 22.8 Å². The predicted molar refractivity (Wildman–Crippen MR) is 74.7 cm³/mol. The molecule has 0 saturated carbocycles. The molecule has 0 radical (unpaired) electrons. The summed E-state index contributed by atoms with van der Waals surface area (Å²) >= 11 is 3.40. The summed E-state index contributed by atoms with van der Waals surface area (Å²) in [5, 5.41) is 17.9. The van der Waals surface area contributed by atoms with E-state index in [1.165, 1.54) is 0 Å². The van der Waals surface area contributed by atoms with E-state index in [1.54, 1.807) is 13.2 Å². The van der Waals surface area contributed by atoms with Crippen molar-refractivity contribution in [2.75, 3.05) is 13.7 Å². The molecule has 5 nitrogen and oxygen atoms in total. The van der Waals surface area contributed by atoms with Gasteiger partial charge in [-0.15, -0.1) is 10.2 Å². The van der Waals surface area contributed by atoms with Gasteiger partial charge in [0.05, 0.1) is 23.6 Å². The number of nitrogens with zero attached hydrogens (tertiary/aromatic N) is 4. The highest BCUT2D eigenvalue weighted by Crippen LogP contribution is 2.20. The van der Waals surface area contributed by atoms with Crippen molar-refractivity contribution >= 4 is 15.9 Å². The van der Waals surface area contributed by atoms with E-state index >= 15 is 0 Å². The van der Waals surface area contributed by atoms with Crippen LogP contribution in [0, 0.1) is 11.3 Å². The van der Waals surface area contributed by atoms with Crippen LogP contribution in [0.15, 0.2) is 24.3 Å². The van der Waals surface area contributed by atoms with E-state index in [-0.39, 0.29) is 0 Å². The molecule has 0 fully saturated rings. The molecule has 2 rings (SSSR count). The third kappa shape index (κ3) is 3.00. The minimum Gasteiger partial charge on any atom is -0.383 e. The minimum absolute atomic E-state index is 0.586. The SMILES string of the molecule is COCCn1c(CBr)nnc1-c1cccc(C#N)c1. The molecule has 0 unspecified atom stereocenters. The van der Waals surface area contributed by atoms with Gasteiger partial charge < -0.3 is 9.30 Å². The second-order valence-corrected chi connectivity index (χ2v) is 4.47. The molecular formula is C13H13BrN4O. The van der Waals surface area contributed by atoms with Crippen molar-refractivity contribution in [3.8, 4) is 17.5 Å². The zero-order valence-electron chi connectivity index (χ0n) is 10.5. The Labute approximate surface area is 120 Å². The Balaban J connectivity index is 2.43. The third-order valence-electron chi connectivity index (χ3n) is 2.72. The zero-order valence-corrected chi connectivity index (χ0v) is 12.1. The van der Waals surface area contributed by atoms with E-state index in [0.29, 0.717) is 24.0 Å². The third-order valence-corrected chi connectivity index (χ3v) is 3.22. The first-order chi connectivity index (χ1) is 9.30. The molecule has 1 heterocycles. The second-order valence-electron chi connectivity index (χ2n) is 3.91. The van der Waals surface area contributed by atoms with Crippen LogP contribution >= 0.6 is 15.9 Å². The molecular weight excluding hydrogens is 308 g/mol. The number of methoxy groups -OCH3 is 1. The van der Waals surface area contributed by atoms with Gasteiger partial charge in [0.1, 0.15) is 5.82 Å². The van der Waals surface area contributed by atoms with Gasteiger partial charge in [-0.05, 0) is 12.1 Å². The van der Waals surface area contributed by atoms with E-state index in [9.17, 15) is 0 Å². The Kier molecular flexibility index (Phi) is 4.66. The fourth-order valence-corrected chi connectivity index (χ4v) is 2.21. The topological polar surface area (TPSA) is 63.7 Å². The fraction of sp³-hybridized carbons (Fsp3) is 0.308. The van der Waals surface area contributed by atoms with Gasteiger partial charge in [-0.3, -0.25) is 0 Å². The van der Waals surface area contributed by atoms with Gasteiger partial charge >= 0.3 is 0 Å². The number of nitriles is 1. The van der Waals surface area contributed by atoms with Crippen LogP contribution in [-0.4, -0.2) is 28.5 Å². The van der Waals surface area contributed by atoms with Gasteiger partial charge in [0.15, 0.2) is 5.82 Å². The predicted octanol–water partition coefficient (Wildman–Crippen LogP) is 2.36. The molecule has 0 saturated heterocycles. The largest absolute Gasteiger partial charge is 0.383 e. The summed E-state index contributed by atoms with van der Waals surface area (Å²) in [6.07, 6.45) is 0. The monoisotopic (exact) mass is 320 g/mol. The van der Waals surface area contributed by atoms with Gasteiger partial charge in [0.25, 0.3) is 0 Å². The Morgan fingerprint density at radius 1 is 1.42 bits per heavy atom. The minimum atomic E-state index is 0.586. The van der Waals surface area contributed by atoms with Crippen LogP contribution < -0.4 is 0 Å². The lowest BCUT2D eigenvalue weighted by atomic mass is 10.1. The average Bonchev–Trinajstić information content (AvgIpc) is 2.88. The molecule has 19 heavy (non-hydrogen) atoms. The van der Waals surface area contributed by atoms with Crippen molar-refractivity contribution in [3.05, 3.63) is 35.7 Å². The molecule has 1 aromatic heterocycles. The van der Waals surface area contributed by atoms with Crippen LogP contribution in [0.2, 0.25) is 0 Å². The highest BCUT2D eigenvalue weighted by atomic mass is 79.9. The van der Waals surface area contributed by atoms with Gasteiger partial charge in [-0.25, -0.2) is 0 Å². The first-order valence-electron chi connectivity index (χ1n) is 5.77. The number of benzene rings is 1. The molecule has 0 N–H and O–H groups in total. The summed E-state index contributed by atoms with van der Waals surface area (Å²) < 4.78 is 7.10. The Bertz CT molecular complexity index is 603. The maximum absolute atomic E-state index is 8.95. The summed E-state index contributed by atoms with van der Waals surface area (Å²) in [5.74, 6) is 1.60. The Morgan fingerprint density at radius 3 is 2.95 bits per heavy atom. The highest BCUT2D eigenvalue weighted by Gasteiger charge is 2.13. The maximum Gasteiger partial charge on any atom is 0.164 e. The maximum atomic E-state index is 8.95. The van der Waals surface area contributed by atoms with Crippen LogP contribution in [0.25, 0.3) is 11.4 Å². The van der Waals surface area contributed by atoms with Gasteiger partial charge in [0.2, 0.25) is 0 Å². The molecule has 0 aliphatic rings. The van der Waals surface area contributed by atoms with Gasteiger partial charge in [-0.2, -0.15) is 5.26 Å². The molecule has 2 aromatic rings. The highest BCUT2D eigenvalue weighted by molar-refractivity contribution is 9.08. The number of aromatic nitrogens is 3. The van der Waals surface area contributed by atoms with Crippen LogP contribution in [0.3, 0.4) is 0 Å². The van der Waals surface area contributed by atoms with Crippen molar-refractivity contribution in [2.24, 2.45) is 0 Å². The standard InChI is InChI=1S/C13H13BrN4O/c1-19-6-5-18-12(8-14)16-17-13(18)11-4-2-3-10(7-11)9-15/h2-4,7H,5-6,8H2,1H3. The number of rotatable bonds is 5. The van der Waals surface area contributed by atoms with Gasteiger partial charge in [0, 0.05) is 19.2 Å². The summed E-state index contributed by atoms with van der Waals surface area (Å²) in [7, 11) is 1.66. The number of alkyl halides is 1. The summed E-state index contributed by atoms with van der Waals surface area (Å²) in [5.41, 5.74) is 1.49. The lowest BCUT2D eigenvalue weighted by Crippen LogP contribution is -2.09.